The Balaban J connectivity index is 2.69. The molecule has 104 valence electrons. The number of hydrogen-bond donors (Lipinski definition) is 2. The molecule has 0 bridgehead atoms. The van der Waals surface area contributed by atoms with Crippen LogP contribution in [0.25, 0.3) is 0 Å². The summed E-state index contributed by atoms with van der Waals surface area (Å²) in [5, 5.41) is 12.1. The molecule has 0 aromatic carbocycles. The summed E-state index contributed by atoms with van der Waals surface area (Å²) in [7, 11) is 1.57. The number of carbonyl (C=O) groups excluding carboxylic acids is 1. The second kappa shape index (κ2) is 6.04. The van der Waals surface area contributed by atoms with E-state index in [1.807, 2.05) is 6.92 Å². The first kappa shape index (κ1) is 14.8. The fourth-order valence-corrected chi connectivity index (χ4v) is 2.33. The highest BCUT2D eigenvalue weighted by atomic mass is 16.5. The topological polar surface area (TPSA) is 78.9 Å². The van der Waals surface area contributed by atoms with E-state index < -0.39 is 11.5 Å². The quantitative estimate of drug-likeness (QED) is 0.773. The van der Waals surface area contributed by atoms with Gasteiger partial charge in [0.25, 0.3) is 0 Å². The van der Waals surface area contributed by atoms with Crippen LogP contribution in [-0.2, 0) is 9.53 Å². The third kappa shape index (κ3) is 2.75. The van der Waals surface area contributed by atoms with Crippen molar-refractivity contribution in [3.8, 4) is 0 Å². The molecule has 1 fully saturated rings. The fourth-order valence-electron chi connectivity index (χ4n) is 2.33. The number of methoxy groups -OCH3 is 1. The van der Waals surface area contributed by atoms with Gasteiger partial charge in [-0.05, 0) is 26.2 Å². The van der Waals surface area contributed by atoms with Crippen LogP contribution >= 0.6 is 0 Å². The van der Waals surface area contributed by atoms with Crippen LogP contribution in [0.15, 0.2) is 0 Å². The van der Waals surface area contributed by atoms with Crippen molar-refractivity contribution in [2.45, 2.75) is 44.8 Å². The zero-order chi connectivity index (χ0) is 13.8. The number of amides is 2. The summed E-state index contributed by atoms with van der Waals surface area (Å²) in [5.74, 6) is -0.919. The van der Waals surface area contributed by atoms with E-state index >= 15 is 0 Å². The van der Waals surface area contributed by atoms with Crippen LogP contribution in [0.4, 0.5) is 4.79 Å². The number of carboxylic acids is 1. The molecule has 0 aliphatic carbocycles. The van der Waals surface area contributed by atoms with E-state index in [2.05, 4.69) is 5.32 Å². The first-order chi connectivity index (χ1) is 8.47. The van der Waals surface area contributed by atoms with Crippen molar-refractivity contribution >= 4 is 12.0 Å². The van der Waals surface area contributed by atoms with Gasteiger partial charge < -0.3 is 20.1 Å². The van der Waals surface area contributed by atoms with Crippen molar-refractivity contribution in [3.63, 3.8) is 0 Å². The average Bonchev–Trinajstić information content (AvgIpc) is 2.80. The minimum atomic E-state index is -1.04. The standard InChI is InChI=1S/C12H22N2O4/c1-4-12(10(15)16)6-5-7-14(12)11(17)13-8-9(2)18-3/h9H,4-8H2,1-3H3,(H,13,17)(H,15,16). The predicted octanol–water partition coefficient (Wildman–Crippen LogP) is 1.06. The lowest BCUT2D eigenvalue weighted by Gasteiger charge is -2.34. The number of ether oxygens (including phenoxy) is 1. The van der Waals surface area contributed by atoms with Gasteiger partial charge in [-0.15, -0.1) is 0 Å². The summed E-state index contributed by atoms with van der Waals surface area (Å²) < 4.78 is 5.04. The summed E-state index contributed by atoms with van der Waals surface area (Å²) in [6, 6.07) is -0.319. The maximum absolute atomic E-state index is 12.0. The van der Waals surface area contributed by atoms with Crippen LogP contribution in [0.2, 0.25) is 0 Å². The molecule has 0 radical (unpaired) electrons. The van der Waals surface area contributed by atoms with Gasteiger partial charge in [-0.1, -0.05) is 6.92 Å². The predicted molar refractivity (Wildman–Crippen MR) is 66.5 cm³/mol. The Hall–Kier alpha value is -1.30. The smallest absolute Gasteiger partial charge is 0.329 e. The van der Waals surface area contributed by atoms with Crippen LogP contribution in [-0.4, -0.2) is 53.8 Å². The second-order valence-corrected chi connectivity index (χ2v) is 4.68. The molecule has 0 saturated carbocycles. The summed E-state index contributed by atoms with van der Waals surface area (Å²) in [6.07, 6.45) is 1.59. The zero-order valence-electron chi connectivity index (χ0n) is 11.2. The van der Waals surface area contributed by atoms with Gasteiger partial charge in [0.15, 0.2) is 0 Å². The van der Waals surface area contributed by atoms with Gasteiger partial charge in [0.1, 0.15) is 5.54 Å². The fraction of sp³-hybridized carbons (Fsp3) is 0.833. The Morgan fingerprint density at radius 2 is 2.22 bits per heavy atom. The first-order valence-electron chi connectivity index (χ1n) is 6.29. The molecule has 1 heterocycles. The highest BCUT2D eigenvalue weighted by Crippen LogP contribution is 2.32. The van der Waals surface area contributed by atoms with Gasteiger partial charge in [-0.2, -0.15) is 0 Å². The number of hydrogen-bond acceptors (Lipinski definition) is 3. The Morgan fingerprint density at radius 3 is 2.72 bits per heavy atom. The molecule has 2 unspecified atom stereocenters. The van der Waals surface area contributed by atoms with Gasteiger partial charge in [-0.3, -0.25) is 0 Å². The van der Waals surface area contributed by atoms with Crippen molar-refractivity contribution in [2.75, 3.05) is 20.2 Å². The normalized spacial score (nSPS) is 24.9. The number of rotatable bonds is 5. The number of carboxylic acid groups (broad SMARTS) is 1. The lowest BCUT2D eigenvalue weighted by atomic mass is 9.93. The van der Waals surface area contributed by atoms with Crippen molar-refractivity contribution in [3.05, 3.63) is 0 Å². The van der Waals surface area contributed by atoms with Crippen LogP contribution < -0.4 is 5.32 Å². The summed E-state index contributed by atoms with van der Waals surface area (Å²) in [4.78, 5) is 24.9. The number of nitrogens with zero attached hydrogens (tertiary/aromatic N) is 1. The first-order valence-corrected chi connectivity index (χ1v) is 6.29. The minimum absolute atomic E-state index is 0.0857. The monoisotopic (exact) mass is 258 g/mol. The highest BCUT2D eigenvalue weighted by molar-refractivity contribution is 5.87. The molecular weight excluding hydrogens is 236 g/mol. The molecule has 1 aliphatic heterocycles. The molecular formula is C12H22N2O4. The van der Waals surface area contributed by atoms with Crippen LogP contribution in [0.5, 0.6) is 0 Å². The molecule has 1 rings (SSSR count). The summed E-state index contributed by atoms with van der Waals surface area (Å²) >= 11 is 0. The van der Waals surface area contributed by atoms with E-state index in [4.69, 9.17) is 4.74 Å². The lowest BCUT2D eigenvalue weighted by Crippen LogP contribution is -2.56. The number of aliphatic carboxylic acids is 1. The molecule has 0 aromatic heterocycles. The number of likely N-dealkylation sites (tertiary alicyclic amines) is 1. The molecule has 2 amide bonds. The van der Waals surface area contributed by atoms with Gasteiger partial charge in [0, 0.05) is 20.2 Å². The van der Waals surface area contributed by atoms with Crippen LogP contribution in [0, 0.1) is 0 Å². The molecule has 0 aromatic rings. The van der Waals surface area contributed by atoms with Gasteiger partial charge >= 0.3 is 12.0 Å². The highest BCUT2D eigenvalue weighted by Gasteiger charge is 2.48. The number of urea groups is 1. The van der Waals surface area contributed by atoms with Crippen molar-refractivity contribution in [1.82, 2.24) is 10.2 Å². The molecule has 18 heavy (non-hydrogen) atoms. The van der Waals surface area contributed by atoms with E-state index in [-0.39, 0.29) is 12.1 Å². The van der Waals surface area contributed by atoms with Gasteiger partial charge in [-0.25, -0.2) is 9.59 Å². The Kier molecular flexibility index (Phi) is 4.95. The SMILES string of the molecule is CCC1(C(=O)O)CCCN1C(=O)NCC(C)OC. The minimum Gasteiger partial charge on any atom is -0.479 e. The molecule has 1 aliphatic rings. The summed E-state index contributed by atoms with van der Waals surface area (Å²) in [6.45, 7) is 4.52. The molecule has 0 spiro atoms. The Morgan fingerprint density at radius 1 is 1.56 bits per heavy atom. The Bertz CT molecular complexity index is 321. The second-order valence-electron chi connectivity index (χ2n) is 4.68. The van der Waals surface area contributed by atoms with Crippen molar-refractivity contribution in [2.24, 2.45) is 0 Å². The summed E-state index contributed by atoms with van der Waals surface area (Å²) in [5.41, 5.74) is -1.04. The molecule has 2 atom stereocenters. The molecule has 2 N–H and O–H groups in total. The van der Waals surface area contributed by atoms with Crippen LogP contribution in [0.1, 0.15) is 33.1 Å². The van der Waals surface area contributed by atoms with E-state index in [0.717, 1.165) is 6.42 Å². The maximum Gasteiger partial charge on any atom is 0.329 e. The van der Waals surface area contributed by atoms with E-state index in [0.29, 0.717) is 25.9 Å². The molecule has 6 nitrogen and oxygen atoms in total. The zero-order valence-corrected chi connectivity index (χ0v) is 11.2. The van der Waals surface area contributed by atoms with E-state index in [1.54, 1.807) is 14.0 Å². The Labute approximate surface area is 107 Å². The van der Waals surface area contributed by atoms with Crippen molar-refractivity contribution < 1.29 is 19.4 Å². The third-order valence-electron chi connectivity index (χ3n) is 3.66. The van der Waals surface area contributed by atoms with Gasteiger partial charge in [0.2, 0.25) is 0 Å². The lowest BCUT2D eigenvalue weighted by molar-refractivity contribution is -0.148. The maximum atomic E-state index is 12.0. The van der Waals surface area contributed by atoms with E-state index in [1.165, 1.54) is 4.90 Å². The average molecular weight is 258 g/mol. The van der Waals surface area contributed by atoms with Crippen molar-refractivity contribution in [1.29, 1.82) is 0 Å². The number of carbonyl (C=O) groups is 2. The number of nitrogens with one attached hydrogen (secondary N) is 1. The van der Waals surface area contributed by atoms with Gasteiger partial charge in [0.05, 0.1) is 6.10 Å². The van der Waals surface area contributed by atoms with Crippen LogP contribution in [0.3, 0.4) is 0 Å². The van der Waals surface area contributed by atoms with E-state index in [9.17, 15) is 14.7 Å². The third-order valence-corrected chi connectivity index (χ3v) is 3.66. The largest absolute Gasteiger partial charge is 0.479 e. The molecule has 6 heteroatoms. The molecule has 1 saturated heterocycles.